The number of ether oxygens (including phenoxy) is 1. The number of nitrogens with zero attached hydrogens (tertiary/aromatic N) is 4. The summed E-state index contributed by atoms with van der Waals surface area (Å²) >= 11 is 1.55. The summed E-state index contributed by atoms with van der Waals surface area (Å²) in [4.78, 5) is 25.3. The van der Waals surface area contributed by atoms with Gasteiger partial charge >= 0.3 is 0 Å². The molecule has 3 atom stereocenters. The van der Waals surface area contributed by atoms with Crippen LogP contribution in [0.1, 0.15) is 52.8 Å². The van der Waals surface area contributed by atoms with E-state index in [-0.39, 0.29) is 24.6 Å². The Bertz CT molecular complexity index is 1410. The Morgan fingerprint density at radius 3 is 2.68 bits per heavy atom. The third-order valence-corrected chi connectivity index (χ3v) is 9.08. The number of carbonyl (C=O) groups excluding carboxylic acids is 1. The Morgan fingerprint density at radius 2 is 1.90 bits per heavy atom. The van der Waals surface area contributed by atoms with Gasteiger partial charge in [0.25, 0.3) is 5.91 Å². The van der Waals surface area contributed by atoms with Gasteiger partial charge in [0, 0.05) is 42.8 Å². The lowest BCUT2D eigenvalue weighted by atomic mass is 9.80. The first kappa shape index (κ1) is 27.8. The Hall–Kier alpha value is -3.37. The van der Waals surface area contributed by atoms with Crippen LogP contribution in [-0.4, -0.2) is 68.3 Å². The van der Waals surface area contributed by atoms with Crippen molar-refractivity contribution in [2.45, 2.75) is 56.4 Å². The maximum absolute atomic E-state index is 14.3. The average Bonchev–Trinajstić information content (AvgIpc) is 3.69. The van der Waals surface area contributed by atoms with Crippen molar-refractivity contribution in [3.8, 4) is 11.3 Å². The maximum Gasteiger partial charge on any atom is 0.275 e. The van der Waals surface area contributed by atoms with Gasteiger partial charge in [-0.2, -0.15) is 0 Å². The van der Waals surface area contributed by atoms with E-state index in [1.165, 1.54) is 5.56 Å². The van der Waals surface area contributed by atoms with E-state index in [4.69, 9.17) is 9.72 Å². The molecule has 0 radical (unpaired) electrons. The van der Waals surface area contributed by atoms with Crippen molar-refractivity contribution in [1.29, 1.82) is 0 Å². The highest BCUT2D eigenvalue weighted by Crippen LogP contribution is 2.41. The van der Waals surface area contributed by atoms with Gasteiger partial charge in [0.05, 0.1) is 31.3 Å². The number of carbonyl (C=O) groups is 1. The monoisotopic (exact) mass is 571 g/mol. The molecule has 6 rings (SSSR count). The van der Waals surface area contributed by atoms with Crippen LogP contribution >= 0.6 is 11.3 Å². The van der Waals surface area contributed by atoms with Gasteiger partial charge in [0.1, 0.15) is 10.6 Å². The zero-order valence-electron chi connectivity index (χ0n) is 23.2. The molecular weight excluding hydrogens is 534 g/mol. The van der Waals surface area contributed by atoms with Crippen LogP contribution in [0, 0.1) is 0 Å². The largest absolute Gasteiger partial charge is 0.385 e. The van der Waals surface area contributed by atoms with E-state index in [9.17, 15) is 9.90 Å². The van der Waals surface area contributed by atoms with Gasteiger partial charge in [-0.05, 0) is 24.8 Å². The van der Waals surface area contributed by atoms with Gasteiger partial charge < -0.3 is 24.6 Å². The second-order valence-corrected chi connectivity index (χ2v) is 12.0. The molecule has 2 aromatic heterocycles. The number of rotatable bonds is 9. The lowest BCUT2D eigenvalue weighted by molar-refractivity contribution is -0.103. The van der Waals surface area contributed by atoms with Crippen LogP contribution in [0.4, 0.5) is 0 Å². The van der Waals surface area contributed by atoms with Crippen LogP contribution in [0.3, 0.4) is 0 Å². The molecule has 8 nitrogen and oxygen atoms in total. The summed E-state index contributed by atoms with van der Waals surface area (Å²) < 4.78 is 8.06. The Morgan fingerprint density at radius 1 is 1.10 bits per heavy atom. The molecule has 2 aromatic carbocycles. The molecule has 1 saturated heterocycles. The molecule has 0 bridgehead atoms. The zero-order valence-corrected chi connectivity index (χ0v) is 24.0. The fourth-order valence-corrected chi connectivity index (χ4v) is 6.83. The molecule has 1 saturated carbocycles. The standard InChI is InChI=1S/C32H37N5O3S/c38-31(36-17-15-33-20-26(36)19-24-9-3-1-4-10-24)29-30(25-11-5-2-6-12-25)37(23-35-29)27-13-7-8-14-32(27,39)22-40-21-28-34-16-18-41-28/h1-6,9-12,16,18,23,26-27,33,39H,7-8,13-15,17,19-22H2/t26-,27?,32?/m1/s1. The van der Waals surface area contributed by atoms with Crippen LogP contribution in [0.25, 0.3) is 11.3 Å². The van der Waals surface area contributed by atoms with Crippen molar-refractivity contribution in [1.82, 2.24) is 24.8 Å². The van der Waals surface area contributed by atoms with Gasteiger partial charge in [-0.25, -0.2) is 9.97 Å². The molecule has 1 amide bonds. The van der Waals surface area contributed by atoms with Gasteiger partial charge in [-0.1, -0.05) is 73.5 Å². The number of aromatic nitrogens is 3. The fraction of sp³-hybridized carbons (Fsp3) is 0.406. The van der Waals surface area contributed by atoms with E-state index in [1.54, 1.807) is 23.9 Å². The van der Waals surface area contributed by atoms with E-state index in [0.29, 0.717) is 25.3 Å². The summed E-state index contributed by atoms with van der Waals surface area (Å²) in [5.74, 6) is -0.0654. The summed E-state index contributed by atoms with van der Waals surface area (Å²) in [7, 11) is 0. The topological polar surface area (TPSA) is 92.5 Å². The number of nitrogens with one attached hydrogen (secondary N) is 1. The second kappa shape index (κ2) is 12.7. The molecule has 41 heavy (non-hydrogen) atoms. The van der Waals surface area contributed by atoms with E-state index < -0.39 is 5.60 Å². The first-order chi connectivity index (χ1) is 20.1. The van der Waals surface area contributed by atoms with Crippen LogP contribution in [0.15, 0.2) is 78.6 Å². The number of piperazine rings is 1. The van der Waals surface area contributed by atoms with Crippen molar-refractivity contribution in [2.75, 3.05) is 26.2 Å². The quantitative estimate of drug-likeness (QED) is 0.302. The first-order valence-corrected chi connectivity index (χ1v) is 15.4. The Balaban J connectivity index is 1.32. The molecule has 9 heteroatoms. The number of imidazole rings is 1. The first-order valence-electron chi connectivity index (χ1n) is 14.5. The van der Waals surface area contributed by atoms with Crippen molar-refractivity contribution in [3.63, 3.8) is 0 Å². The SMILES string of the molecule is O=C(c1ncn(C2CCCCC2(O)COCc2nccs2)c1-c1ccccc1)N1CCNC[C@H]1Cc1ccccc1. The molecule has 2 aliphatic rings. The number of benzene rings is 2. The highest BCUT2D eigenvalue weighted by molar-refractivity contribution is 7.09. The van der Waals surface area contributed by atoms with Crippen molar-refractivity contribution in [2.24, 2.45) is 0 Å². The van der Waals surface area contributed by atoms with E-state index in [1.807, 2.05) is 63.4 Å². The lowest BCUT2D eigenvalue weighted by Gasteiger charge is -2.41. The molecular formula is C32H37N5O3S. The van der Waals surface area contributed by atoms with Gasteiger partial charge in [-0.3, -0.25) is 4.79 Å². The van der Waals surface area contributed by atoms with Gasteiger partial charge in [0.15, 0.2) is 5.69 Å². The highest BCUT2D eigenvalue weighted by atomic mass is 32.1. The van der Waals surface area contributed by atoms with Crippen molar-refractivity contribution in [3.05, 3.63) is 94.8 Å². The van der Waals surface area contributed by atoms with Crippen LogP contribution in [-0.2, 0) is 17.8 Å². The Labute approximate surface area is 245 Å². The molecule has 1 aliphatic carbocycles. The van der Waals surface area contributed by atoms with E-state index in [0.717, 1.165) is 55.0 Å². The number of hydrogen-bond acceptors (Lipinski definition) is 7. The second-order valence-electron chi connectivity index (χ2n) is 11.0. The molecule has 2 N–H and O–H groups in total. The molecule has 2 fully saturated rings. The summed E-state index contributed by atoms with van der Waals surface area (Å²) in [5, 5.41) is 18.3. The smallest absolute Gasteiger partial charge is 0.275 e. The zero-order chi connectivity index (χ0) is 28.1. The maximum atomic E-state index is 14.3. The van der Waals surface area contributed by atoms with Crippen molar-refractivity contribution >= 4 is 17.2 Å². The van der Waals surface area contributed by atoms with Crippen LogP contribution in [0.2, 0.25) is 0 Å². The summed E-state index contributed by atoms with van der Waals surface area (Å²) in [6.45, 7) is 2.68. The van der Waals surface area contributed by atoms with E-state index in [2.05, 4.69) is 22.4 Å². The molecule has 0 spiro atoms. The summed E-state index contributed by atoms with van der Waals surface area (Å²) in [6, 6.07) is 20.1. The minimum Gasteiger partial charge on any atom is -0.385 e. The summed E-state index contributed by atoms with van der Waals surface area (Å²) in [5.41, 5.74) is 2.24. The summed E-state index contributed by atoms with van der Waals surface area (Å²) in [6.07, 6.45) is 7.63. The highest BCUT2D eigenvalue weighted by Gasteiger charge is 2.42. The van der Waals surface area contributed by atoms with Gasteiger partial charge in [0.2, 0.25) is 0 Å². The minimum absolute atomic E-state index is 0.0262. The van der Waals surface area contributed by atoms with E-state index >= 15 is 0 Å². The molecule has 214 valence electrons. The number of thiazole rings is 1. The number of hydrogen-bond donors (Lipinski definition) is 2. The molecule has 3 heterocycles. The predicted molar refractivity (Wildman–Crippen MR) is 160 cm³/mol. The molecule has 4 aromatic rings. The predicted octanol–water partition coefficient (Wildman–Crippen LogP) is 4.73. The number of amides is 1. The average molecular weight is 572 g/mol. The Kier molecular flexibility index (Phi) is 8.57. The molecule has 1 aliphatic heterocycles. The fourth-order valence-electron chi connectivity index (χ4n) is 6.28. The van der Waals surface area contributed by atoms with Crippen LogP contribution in [0.5, 0.6) is 0 Å². The van der Waals surface area contributed by atoms with Crippen LogP contribution < -0.4 is 5.32 Å². The lowest BCUT2D eigenvalue weighted by Crippen LogP contribution is -2.54. The third-order valence-electron chi connectivity index (χ3n) is 8.32. The normalized spacial score (nSPS) is 23.0. The van der Waals surface area contributed by atoms with Gasteiger partial charge in [-0.15, -0.1) is 11.3 Å². The minimum atomic E-state index is -1.08. The molecule has 2 unspecified atom stereocenters. The third kappa shape index (κ3) is 6.13. The number of aliphatic hydroxyl groups is 1. The van der Waals surface area contributed by atoms with Crippen molar-refractivity contribution < 1.29 is 14.6 Å².